The molecule has 0 N–H and O–H groups in total. The zero-order chi connectivity index (χ0) is 13.4. The highest BCUT2D eigenvalue weighted by Gasteiger charge is 2.28. The van der Waals surface area contributed by atoms with E-state index in [2.05, 4.69) is 4.98 Å². The molecular formula is C14H10N2OS2. The van der Waals surface area contributed by atoms with Crippen LogP contribution in [0, 0.1) is 0 Å². The Morgan fingerprint density at radius 3 is 2.95 bits per heavy atom. The number of nitrogens with zero attached hydrogens (tertiary/aromatic N) is 2. The maximum Gasteiger partial charge on any atom is 0.265 e. The van der Waals surface area contributed by atoms with Crippen LogP contribution >= 0.6 is 24.0 Å². The van der Waals surface area contributed by atoms with Gasteiger partial charge in [0.25, 0.3) is 5.91 Å². The van der Waals surface area contributed by atoms with Crippen LogP contribution in [-0.4, -0.2) is 27.2 Å². The molecule has 94 valence electrons. The van der Waals surface area contributed by atoms with Crippen molar-refractivity contribution in [3.8, 4) is 0 Å². The van der Waals surface area contributed by atoms with Gasteiger partial charge in [-0.2, -0.15) is 0 Å². The lowest BCUT2D eigenvalue weighted by Gasteiger charge is -2.03. The summed E-state index contributed by atoms with van der Waals surface area (Å²) in [6.07, 6.45) is 3.62. The van der Waals surface area contributed by atoms with Crippen molar-refractivity contribution in [2.75, 3.05) is 7.05 Å². The standard InChI is InChI=1S/C14H10N2OS2/c1-16-13(17)12(19-14(16)18)8-9-4-5-10-3-2-6-15-11(10)7-9/h2-8H,1H3/b12-8+. The first kappa shape index (κ1) is 12.3. The van der Waals surface area contributed by atoms with Crippen molar-refractivity contribution >= 4 is 51.2 Å². The number of fused-ring (bicyclic) bond motifs is 1. The minimum Gasteiger partial charge on any atom is -0.296 e. The first-order chi connectivity index (χ1) is 9.15. The number of carbonyl (C=O) groups excluding carboxylic acids is 1. The van der Waals surface area contributed by atoms with Gasteiger partial charge in [0.05, 0.1) is 10.4 Å². The fourth-order valence-corrected chi connectivity index (χ4v) is 3.05. The number of amides is 1. The molecule has 0 unspecified atom stereocenters. The summed E-state index contributed by atoms with van der Waals surface area (Å²) in [5.74, 6) is -0.0453. The van der Waals surface area contributed by atoms with E-state index in [1.165, 1.54) is 16.7 Å². The average Bonchev–Trinajstić information content (AvgIpc) is 2.66. The van der Waals surface area contributed by atoms with Crippen molar-refractivity contribution in [1.82, 2.24) is 9.88 Å². The van der Waals surface area contributed by atoms with Crippen molar-refractivity contribution in [3.05, 3.63) is 47.0 Å². The maximum atomic E-state index is 11.9. The number of thiocarbonyl (C=S) groups is 1. The van der Waals surface area contributed by atoms with Gasteiger partial charge < -0.3 is 0 Å². The van der Waals surface area contributed by atoms with Crippen LogP contribution in [-0.2, 0) is 4.79 Å². The molecule has 1 aromatic heterocycles. The van der Waals surface area contributed by atoms with Crippen molar-refractivity contribution < 1.29 is 4.79 Å². The highest BCUT2D eigenvalue weighted by atomic mass is 32.2. The van der Waals surface area contributed by atoms with E-state index in [0.717, 1.165) is 16.5 Å². The number of pyridine rings is 1. The Kier molecular flexibility index (Phi) is 3.08. The van der Waals surface area contributed by atoms with Gasteiger partial charge in [0.15, 0.2) is 0 Å². The Balaban J connectivity index is 2.02. The molecule has 19 heavy (non-hydrogen) atoms. The molecule has 2 aromatic rings. The Morgan fingerprint density at radius 2 is 2.21 bits per heavy atom. The molecule has 0 spiro atoms. The van der Waals surface area contributed by atoms with Gasteiger partial charge in [-0.3, -0.25) is 14.7 Å². The first-order valence-corrected chi connectivity index (χ1v) is 6.94. The van der Waals surface area contributed by atoms with E-state index in [1.807, 2.05) is 36.4 Å². The number of carbonyl (C=O) groups is 1. The van der Waals surface area contributed by atoms with Crippen LogP contribution < -0.4 is 0 Å². The summed E-state index contributed by atoms with van der Waals surface area (Å²) in [6.45, 7) is 0. The Bertz CT molecular complexity index is 724. The van der Waals surface area contributed by atoms with Crippen LogP contribution in [0.1, 0.15) is 5.56 Å². The predicted molar refractivity (Wildman–Crippen MR) is 82.7 cm³/mol. The van der Waals surface area contributed by atoms with Crippen LogP contribution in [0.3, 0.4) is 0 Å². The summed E-state index contributed by atoms with van der Waals surface area (Å²) < 4.78 is 0.593. The van der Waals surface area contributed by atoms with Crippen LogP contribution in [0.4, 0.5) is 0 Å². The third-order valence-corrected chi connectivity index (χ3v) is 4.40. The molecule has 0 radical (unpaired) electrons. The first-order valence-electron chi connectivity index (χ1n) is 5.71. The monoisotopic (exact) mass is 286 g/mol. The summed E-state index contributed by atoms with van der Waals surface area (Å²) >= 11 is 6.43. The Morgan fingerprint density at radius 1 is 1.37 bits per heavy atom. The van der Waals surface area contributed by atoms with Gasteiger partial charge in [0.1, 0.15) is 4.32 Å². The zero-order valence-corrected chi connectivity index (χ0v) is 11.8. The smallest absolute Gasteiger partial charge is 0.265 e. The Hall–Kier alpha value is -1.72. The predicted octanol–water partition coefficient (Wildman–Crippen LogP) is 3.07. The molecule has 1 aliphatic rings. The third-order valence-electron chi connectivity index (χ3n) is 2.91. The maximum absolute atomic E-state index is 11.9. The van der Waals surface area contributed by atoms with Gasteiger partial charge >= 0.3 is 0 Å². The van der Waals surface area contributed by atoms with Crippen molar-refractivity contribution in [2.45, 2.75) is 0 Å². The minimum absolute atomic E-state index is 0.0453. The lowest BCUT2D eigenvalue weighted by Crippen LogP contribution is -2.22. The molecular weight excluding hydrogens is 276 g/mol. The highest BCUT2D eigenvalue weighted by molar-refractivity contribution is 8.26. The van der Waals surface area contributed by atoms with Gasteiger partial charge in [-0.15, -0.1) is 0 Å². The second kappa shape index (κ2) is 4.75. The molecule has 0 aliphatic carbocycles. The Labute approximate surface area is 120 Å². The van der Waals surface area contributed by atoms with Crippen molar-refractivity contribution in [1.29, 1.82) is 0 Å². The number of likely N-dealkylation sites (N-methyl/N-ethyl adjacent to an activating group) is 1. The van der Waals surface area contributed by atoms with E-state index < -0.39 is 0 Å². The van der Waals surface area contributed by atoms with E-state index in [9.17, 15) is 4.79 Å². The number of hydrogen-bond acceptors (Lipinski definition) is 4. The molecule has 1 saturated heterocycles. The van der Waals surface area contributed by atoms with E-state index in [0.29, 0.717) is 9.23 Å². The molecule has 0 bridgehead atoms. The van der Waals surface area contributed by atoms with Crippen LogP contribution in [0.25, 0.3) is 17.0 Å². The second-order valence-electron chi connectivity index (χ2n) is 4.20. The summed E-state index contributed by atoms with van der Waals surface area (Å²) in [7, 11) is 1.69. The van der Waals surface area contributed by atoms with Gasteiger partial charge in [-0.05, 0) is 23.8 Å². The fraction of sp³-hybridized carbons (Fsp3) is 0.0714. The second-order valence-corrected chi connectivity index (χ2v) is 5.87. The van der Waals surface area contributed by atoms with E-state index in [4.69, 9.17) is 12.2 Å². The fourth-order valence-electron chi connectivity index (χ4n) is 1.87. The van der Waals surface area contributed by atoms with Gasteiger partial charge in [0, 0.05) is 18.6 Å². The summed E-state index contributed by atoms with van der Waals surface area (Å²) in [5, 5.41) is 1.09. The number of aromatic nitrogens is 1. The summed E-state index contributed by atoms with van der Waals surface area (Å²) in [5.41, 5.74) is 1.88. The number of rotatable bonds is 1. The third kappa shape index (κ3) is 2.27. The molecule has 0 saturated carbocycles. The van der Waals surface area contributed by atoms with Gasteiger partial charge in [0.2, 0.25) is 0 Å². The van der Waals surface area contributed by atoms with E-state index in [1.54, 1.807) is 13.2 Å². The van der Waals surface area contributed by atoms with Crippen LogP contribution in [0.5, 0.6) is 0 Å². The highest BCUT2D eigenvalue weighted by Crippen LogP contribution is 2.31. The summed E-state index contributed by atoms with van der Waals surface area (Å²) in [4.78, 5) is 18.4. The molecule has 2 heterocycles. The molecule has 1 aliphatic heterocycles. The largest absolute Gasteiger partial charge is 0.296 e. The molecule has 5 heteroatoms. The topological polar surface area (TPSA) is 33.2 Å². The van der Waals surface area contributed by atoms with Crippen LogP contribution in [0.2, 0.25) is 0 Å². The van der Waals surface area contributed by atoms with E-state index >= 15 is 0 Å². The van der Waals surface area contributed by atoms with Gasteiger partial charge in [-0.25, -0.2) is 0 Å². The molecule has 3 nitrogen and oxygen atoms in total. The average molecular weight is 286 g/mol. The molecule has 1 fully saturated rings. The lowest BCUT2D eigenvalue weighted by molar-refractivity contribution is -0.121. The minimum atomic E-state index is -0.0453. The van der Waals surface area contributed by atoms with Crippen LogP contribution in [0.15, 0.2) is 41.4 Å². The SMILES string of the molecule is CN1C(=O)/C(=C\c2ccc3cccnc3c2)SC1=S. The van der Waals surface area contributed by atoms with Crippen molar-refractivity contribution in [3.63, 3.8) is 0 Å². The normalized spacial score (nSPS) is 17.7. The number of thioether (sulfide) groups is 1. The quantitative estimate of drug-likeness (QED) is 0.596. The molecule has 1 amide bonds. The lowest BCUT2D eigenvalue weighted by atomic mass is 10.1. The molecule has 0 atom stereocenters. The van der Waals surface area contributed by atoms with Crippen molar-refractivity contribution in [2.24, 2.45) is 0 Å². The number of benzene rings is 1. The molecule has 3 rings (SSSR count). The van der Waals surface area contributed by atoms with Gasteiger partial charge in [-0.1, -0.05) is 42.2 Å². The van der Waals surface area contributed by atoms with E-state index in [-0.39, 0.29) is 5.91 Å². The zero-order valence-electron chi connectivity index (χ0n) is 10.2. The number of hydrogen-bond donors (Lipinski definition) is 0. The summed E-state index contributed by atoms with van der Waals surface area (Å²) in [6, 6.07) is 9.87. The molecule has 1 aromatic carbocycles.